The molecule has 0 radical (unpaired) electrons. The Kier molecular flexibility index (Phi) is 3.78. The molecule has 108 valence electrons. The first-order valence-corrected chi connectivity index (χ1v) is 7.40. The minimum atomic E-state index is -1.05. The first-order valence-electron chi connectivity index (χ1n) is 6.61. The molecule has 1 aliphatic heterocycles. The van der Waals surface area contributed by atoms with Crippen LogP contribution in [0.1, 0.15) is 29.2 Å². The van der Waals surface area contributed by atoms with E-state index in [1.807, 2.05) is 6.07 Å². The Hall–Kier alpha value is -1.72. The number of hydrogen-bond donors (Lipinski definition) is 2. The summed E-state index contributed by atoms with van der Waals surface area (Å²) in [7, 11) is 0. The number of benzene rings is 2. The third-order valence-corrected chi connectivity index (χ3v) is 4.33. The third-order valence-electron chi connectivity index (χ3n) is 3.61. The van der Waals surface area contributed by atoms with E-state index >= 15 is 0 Å². The van der Waals surface area contributed by atoms with E-state index in [9.17, 15) is 14.3 Å². The molecule has 0 aliphatic carbocycles. The van der Waals surface area contributed by atoms with Gasteiger partial charge in [0.25, 0.3) is 0 Å². The van der Waals surface area contributed by atoms with Crippen molar-refractivity contribution < 1.29 is 14.3 Å². The van der Waals surface area contributed by atoms with Gasteiger partial charge in [-0.3, -0.25) is 4.79 Å². The van der Waals surface area contributed by atoms with Gasteiger partial charge in [-0.2, -0.15) is 0 Å². The second-order valence-corrected chi connectivity index (χ2v) is 5.86. The topological polar surface area (TPSA) is 49.3 Å². The van der Waals surface area contributed by atoms with Crippen LogP contribution in [-0.4, -0.2) is 11.0 Å². The van der Waals surface area contributed by atoms with E-state index in [2.05, 4.69) is 21.2 Å². The lowest BCUT2D eigenvalue weighted by Crippen LogP contribution is -2.20. The predicted octanol–water partition coefficient (Wildman–Crippen LogP) is 3.55. The Morgan fingerprint density at radius 1 is 1.19 bits per heavy atom. The Morgan fingerprint density at radius 3 is 2.71 bits per heavy atom. The lowest BCUT2D eigenvalue weighted by molar-refractivity contribution is -0.116. The van der Waals surface area contributed by atoms with Crippen molar-refractivity contribution in [2.24, 2.45) is 0 Å². The van der Waals surface area contributed by atoms with Gasteiger partial charge in [0.1, 0.15) is 11.9 Å². The zero-order valence-corrected chi connectivity index (χ0v) is 12.7. The molecule has 1 unspecified atom stereocenters. The molecular formula is C16H13BrFNO2. The normalized spacial score (nSPS) is 15.3. The first kappa shape index (κ1) is 14.2. The van der Waals surface area contributed by atoms with Gasteiger partial charge in [0.05, 0.1) is 0 Å². The van der Waals surface area contributed by atoms with Crippen LogP contribution < -0.4 is 5.32 Å². The average molecular weight is 350 g/mol. The van der Waals surface area contributed by atoms with Crippen molar-refractivity contribution in [3.05, 3.63) is 63.4 Å². The SMILES string of the molecule is O=C1CCc2cc(C(O)c3ccccc3Br)c(F)cc2N1. The summed E-state index contributed by atoms with van der Waals surface area (Å²) >= 11 is 3.36. The summed E-state index contributed by atoms with van der Waals surface area (Å²) in [5.41, 5.74) is 2.16. The number of hydrogen-bond acceptors (Lipinski definition) is 2. The van der Waals surface area contributed by atoms with E-state index in [0.29, 0.717) is 24.1 Å². The van der Waals surface area contributed by atoms with E-state index in [4.69, 9.17) is 0 Å². The fourth-order valence-electron chi connectivity index (χ4n) is 2.50. The van der Waals surface area contributed by atoms with Crippen LogP contribution in [-0.2, 0) is 11.2 Å². The summed E-state index contributed by atoms with van der Waals surface area (Å²) in [6.45, 7) is 0. The molecule has 0 saturated carbocycles. The summed E-state index contributed by atoms with van der Waals surface area (Å²) in [5.74, 6) is -0.639. The van der Waals surface area contributed by atoms with Crippen LogP contribution in [0.2, 0.25) is 0 Å². The van der Waals surface area contributed by atoms with Gasteiger partial charge in [-0.15, -0.1) is 0 Å². The maximum absolute atomic E-state index is 14.2. The Labute approximate surface area is 129 Å². The number of rotatable bonds is 2. The van der Waals surface area contributed by atoms with E-state index in [1.165, 1.54) is 6.07 Å². The van der Waals surface area contributed by atoms with Crippen molar-refractivity contribution in [2.45, 2.75) is 18.9 Å². The molecular weight excluding hydrogens is 337 g/mol. The van der Waals surface area contributed by atoms with E-state index in [1.54, 1.807) is 24.3 Å². The number of nitrogens with one attached hydrogen (secondary N) is 1. The van der Waals surface area contributed by atoms with Crippen LogP contribution in [0.15, 0.2) is 40.9 Å². The molecule has 1 atom stereocenters. The summed E-state index contributed by atoms with van der Waals surface area (Å²) in [5, 5.41) is 13.1. The monoisotopic (exact) mass is 349 g/mol. The molecule has 21 heavy (non-hydrogen) atoms. The number of anilines is 1. The molecule has 3 nitrogen and oxygen atoms in total. The first-order chi connectivity index (χ1) is 10.1. The van der Waals surface area contributed by atoms with Gasteiger partial charge >= 0.3 is 0 Å². The number of aliphatic hydroxyl groups excluding tert-OH is 1. The number of halogens is 2. The lowest BCUT2D eigenvalue weighted by Gasteiger charge is -2.20. The zero-order chi connectivity index (χ0) is 15.0. The van der Waals surface area contributed by atoms with Crippen LogP contribution in [0.3, 0.4) is 0 Å². The third kappa shape index (κ3) is 2.71. The Balaban J connectivity index is 2.03. The van der Waals surface area contributed by atoms with Gasteiger partial charge in [-0.25, -0.2) is 4.39 Å². The van der Waals surface area contributed by atoms with Gasteiger partial charge in [0.2, 0.25) is 5.91 Å². The predicted molar refractivity (Wildman–Crippen MR) is 81.6 cm³/mol. The number of carbonyl (C=O) groups is 1. The van der Waals surface area contributed by atoms with Crippen LogP contribution in [0, 0.1) is 5.82 Å². The summed E-state index contributed by atoms with van der Waals surface area (Å²) in [6.07, 6.45) is -0.121. The highest BCUT2D eigenvalue weighted by Crippen LogP contribution is 2.33. The maximum atomic E-state index is 14.2. The number of aryl methyl sites for hydroxylation is 1. The standard InChI is InChI=1S/C16H13BrFNO2/c17-12-4-2-1-3-10(12)16(21)11-7-9-5-6-15(20)19-14(9)8-13(11)18/h1-4,7-8,16,21H,5-6H2,(H,19,20). The average Bonchev–Trinajstić information content (AvgIpc) is 2.46. The fourth-order valence-corrected chi connectivity index (χ4v) is 3.00. The minimum Gasteiger partial charge on any atom is -0.384 e. The summed E-state index contributed by atoms with van der Waals surface area (Å²) < 4.78 is 15.0. The van der Waals surface area contributed by atoms with Crippen LogP contribution in [0.5, 0.6) is 0 Å². The molecule has 2 aromatic rings. The van der Waals surface area contributed by atoms with Crippen LogP contribution in [0.4, 0.5) is 10.1 Å². The van der Waals surface area contributed by atoms with Crippen molar-refractivity contribution in [1.82, 2.24) is 0 Å². The van der Waals surface area contributed by atoms with Crippen molar-refractivity contribution in [3.63, 3.8) is 0 Å². The molecule has 0 aromatic heterocycles. The fraction of sp³-hybridized carbons (Fsp3) is 0.188. The lowest BCUT2D eigenvalue weighted by atomic mass is 9.95. The van der Waals surface area contributed by atoms with E-state index < -0.39 is 11.9 Å². The number of amides is 1. The molecule has 1 aliphatic rings. The summed E-state index contributed by atoms with van der Waals surface area (Å²) in [4.78, 5) is 11.3. The highest BCUT2D eigenvalue weighted by Gasteiger charge is 2.22. The molecule has 3 rings (SSSR count). The van der Waals surface area contributed by atoms with E-state index in [0.717, 1.165) is 10.0 Å². The molecule has 0 spiro atoms. The quantitative estimate of drug-likeness (QED) is 0.870. The van der Waals surface area contributed by atoms with Crippen molar-refractivity contribution in [1.29, 1.82) is 0 Å². The highest BCUT2D eigenvalue weighted by atomic mass is 79.9. The van der Waals surface area contributed by atoms with Crippen molar-refractivity contribution in [3.8, 4) is 0 Å². The number of fused-ring (bicyclic) bond motifs is 1. The van der Waals surface area contributed by atoms with Gasteiger partial charge in [-0.1, -0.05) is 34.1 Å². The molecule has 1 heterocycles. The molecule has 2 aromatic carbocycles. The highest BCUT2D eigenvalue weighted by molar-refractivity contribution is 9.10. The molecule has 1 amide bonds. The number of carbonyl (C=O) groups excluding carboxylic acids is 1. The molecule has 0 saturated heterocycles. The van der Waals surface area contributed by atoms with Crippen molar-refractivity contribution in [2.75, 3.05) is 5.32 Å². The largest absolute Gasteiger partial charge is 0.384 e. The van der Waals surface area contributed by atoms with Gasteiger partial charge in [0.15, 0.2) is 0 Å². The zero-order valence-electron chi connectivity index (χ0n) is 11.1. The molecule has 5 heteroatoms. The summed E-state index contributed by atoms with van der Waals surface area (Å²) in [6, 6.07) is 10.1. The second-order valence-electron chi connectivity index (χ2n) is 5.00. The van der Waals surface area contributed by atoms with Gasteiger partial charge < -0.3 is 10.4 Å². The maximum Gasteiger partial charge on any atom is 0.224 e. The smallest absolute Gasteiger partial charge is 0.224 e. The molecule has 2 N–H and O–H groups in total. The van der Waals surface area contributed by atoms with Crippen LogP contribution in [0.25, 0.3) is 0 Å². The Morgan fingerprint density at radius 2 is 1.95 bits per heavy atom. The van der Waals surface area contributed by atoms with Crippen molar-refractivity contribution >= 4 is 27.5 Å². The minimum absolute atomic E-state index is 0.110. The second kappa shape index (κ2) is 5.58. The molecule has 0 fully saturated rings. The van der Waals surface area contributed by atoms with E-state index in [-0.39, 0.29) is 11.5 Å². The van der Waals surface area contributed by atoms with Gasteiger partial charge in [-0.05, 0) is 35.7 Å². The molecule has 0 bridgehead atoms. The Bertz CT molecular complexity index is 717. The number of aliphatic hydroxyl groups is 1. The van der Waals surface area contributed by atoms with Crippen LogP contribution >= 0.6 is 15.9 Å². The van der Waals surface area contributed by atoms with Gasteiger partial charge in [0, 0.05) is 22.1 Å².